The van der Waals surface area contributed by atoms with E-state index in [1.165, 1.54) is 12.1 Å². The number of para-hydroxylation sites is 2. The summed E-state index contributed by atoms with van der Waals surface area (Å²) in [5.74, 6) is 0.103. The number of aromatic amines is 1. The van der Waals surface area contributed by atoms with E-state index in [9.17, 15) is 9.18 Å². The number of rotatable bonds is 7. The average molecular weight is 424 g/mol. The van der Waals surface area contributed by atoms with Crippen LogP contribution < -0.4 is 10.1 Å². The van der Waals surface area contributed by atoms with E-state index in [4.69, 9.17) is 16.3 Å². The SMILES string of the molecule is O=C(COc1ccc(F)cc1Cl)N[C@@H](Cc1ccccc1)c1nc2ccccc2[nH]1. The van der Waals surface area contributed by atoms with Crippen LogP contribution in [0.25, 0.3) is 11.0 Å². The summed E-state index contributed by atoms with van der Waals surface area (Å²) in [4.78, 5) is 20.5. The molecule has 4 aromatic rings. The van der Waals surface area contributed by atoms with E-state index < -0.39 is 5.82 Å². The molecule has 1 amide bonds. The monoisotopic (exact) mass is 423 g/mol. The Morgan fingerprint density at radius 2 is 1.87 bits per heavy atom. The highest BCUT2D eigenvalue weighted by Crippen LogP contribution is 2.25. The minimum Gasteiger partial charge on any atom is -0.482 e. The maximum atomic E-state index is 13.2. The zero-order chi connectivity index (χ0) is 20.9. The third-order valence-corrected chi connectivity index (χ3v) is 4.90. The first kappa shape index (κ1) is 19.9. The molecule has 0 aliphatic rings. The quantitative estimate of drug-likeness (QED) is 0.447. The normalized spacial score (nSPS) is 11.9. The van der Waals surface area contributed by atoms with Crippen molar-refractivity contribution in [3.05, 3.63) is 95.0 Å². The Morgan fingerprint density at radius 3 is 2.63 bits per heavy atom. The van der Waals surface area contributed by atoms with Crippen LogP contribution in [0, 0.1) is 5.82 Å². The summed E-state index contributed by atoms with van der Waals surface area (Å²) >= 11 is 5.96. The van der Waals surface area contributed by atoms with E-state index in [0.717, 1.165) is 22.7 Å². The summed E-state index contributed by atoms with van der Waals surface area (Å²) in [5.41, 5.74) is 2.79. The van der Waals surface area contributed by atoms with Gasteiger partial charge in [-0.25, -0.2) is 9.37 Å². The molecule has 2 N–H and O–H groups in total. The number of H-pyrrole nitrogens is 1. The number of amides is 1. The molecule has 1 atom stereocenters. The largest absolute Gasteiger partial charge is 0.482 e. The molecule has 0 spiro atoms. The van der Waals surface area contributed by atoms with Gasteiger partial charge < -0.3 is 15.0 Å². The van der Waals surface area contributed by atoms with Crippen molar-refractivity contribution in [2.24, 2.45) is 0 Å². The number of nitrogens with zero attached hydrogens (tertiary/aromatic N) is 1. The lowest BCUT2D eigenvalue weighted by molar-refractivity contribution is -0.123. The molecule has 0 unspecified atom stereocenters. The van der Waals surface area contributed by atoms with E-state index in [1.54, 1.807) is 0 Å². The van der Waals surface area contributed by atoms with Gasteiger partial charge in [-0.2, -0.15) is 0 Å². The van der Waals surface area contributed by atoms with E-state index >= 15 is 0 Å². The van der Waals surface area contributed by atoms with Crippen molar-refractivity contribution < 1.29 is 13.9 Å². The average Bonchev–Trinajstić information content (AvgIpc) is 3.18. The predicted octanol–water partition coefficient (Wildman–Crippen LogP) is 4.83. The van der Waals surface area contributed by atoms with E-state index in [-0.39, 0.29) is 29.3 Å². The Morgan fingerprint density at radius 1 is 1.10 bits per heavy atom. The van der Waals surface area contributed by atoms with Crippen LogP contribution in [0.5, 0.6) is 5.75 Å². The number of benzene rings is 3. The molecule has 4 rings (SSSR count). The van der Waals surface area contributed by atoms with Gasteiger partial charge in [0.05, 0.1) is 22.1 Å². The number of nitrogens with one attached hydrogen (secondary N) is 2. The Labute approximate surface area is 177 Å². The van der Waals surface area contributed by atoms with Crippen LogP contribution in [0.3, 0.4) is 0 Å². The van der Waals surface area contributed by atoms with Crippen LogP contribution in [-0.4, -0.2) is 22.5 Å². The van der Waals surface area contributed by atoms with Crippen LogP contribution in [0.2, 0.25) is 5.02 Å². The molecule has 0 aliphatic carbocycles. The summed E-state index contributed by atoms with van der Waals surface area (Å²) in [6.45, 7) is -0.253. The second-order valence-corrected chi connectivity index (χ2v) is 7.22. The van der Waals surface area contributed by atoms with Crippen molar-refractivity contribution in [2.45, 2.75) is 12.5 Å². The Balaban J connectivity index is 1.50. The smallest absolute Gasteiger partial charge is 0.258 e. The fourth-order valence-corrected chi connectivity index (χ4v) is 3.40. The highest BCUT2D eigenvalue weighted by molar-refractivity contribution is 6.32. The van der Waals surface area contributed by atoms with E-state index in [2.05, 4.69) is 15.3 Å². The van der Waals surface area contributed by atoms with Crippen molar-refractivity contribution in [3.8, 4) is 5.75 Å². The van der Waals surface area contributed by atoms with Crippen molar-refractivity contribution in [3.63, 3.8) is 0 Å². The van der Waals surface area contributed by atoms with Crippen LogP contribution in [0.1, 0.15) is 17.4 Å². The lowest BCUT2D eigenvalue weighted by Crippen LogP contribution is -2.34. The summed E-state index contributed by atoms with van der Waals surface area (Å²) in [6.07, 6.45) is 0.559. The summed E-state index contributed by atoms with van der Waals surface area (Å²) in [6, 6.07) is 20.9. The molecule has 1 aromatic heterocycles. The highest BCUT2D eigenvalue weighted by Gasteiger charge is 2.19. The van der Waals surface area contributed by atoms with Crippen LogP contribution in [0.4, 0.5) is 4.39 Å². The first-order valence-electron chi connectivity index (χ1n) is 9.44. The molecular weight excluding hydrogens is 405 g/mol. The minimum atomic E-state index is -0.468. The van der Waals surface area contributed by atoms with Gasteiger partial charge in [0.25, 0.3) is 5.91 Å². The van der Waals surface area contributed by atoms with Gasteiger partial charge in [-0.15, -0.1) is 0 Å². The number of fused-ring (bicyclic) bond motifs is 1. The van der Waals surface area contributed by atoms with Crippen molar-refractivity contribution in [2.75, 3.05) is 6.61 Å². The van der Waals surface area contributed by atoms with Crippen molar-refractivity contribution in [1.82, 2.24) is 15.3 Å². The number of imidazole rings is 1. The Hall–Kier alpha value is -3.38. The van der Waals surface area contributed by atoms with Gasteiger partial charge >= 0.3 is 0 Å². The second kappa shape index (κ2) is 8.97. The number of hydrogen-bond acceptors (Lipinski definition) is 3. The number of halogens is 2. The number of aromatic nitrogens is 2. The van der Waals surface area contributed by atoms with Gasteiger partial charge in [0.2, 0.25) is 0 Å². The van der Waals surface area contributed by atoms with Gasteiger partial charge in [-0.1, -0.05) is 54.1 Å². The number of ether oxygens (including phenoxy) is 1. The molecule has 0 saturated heterocycles. The van der Waals surface area contributed by atoms with Crippen LogP contribution in [0.15, 0.2) is 72.8 Å². The number of carbonyl (C=O) groups is 1. The zero-order valence-corrected chi connectivity index (χ0v) is 16.7. The maximum Gasteiger partial charge on any atom is 0.258 e. The number of hydrogen-bond donors (Lipinski definition) is 2. The summed E-state index contributed by atoms with van der Waals surface area (Å²) < 4.78 is 18.6. The lowest BCUT2D eigenvalue weighted by Gasteiger charge is -2.17. The van der Waals surface area contributed by atoms with E-state index in [0.29, 0.717) is 12.2 Å². The maximum absolute atomic E-state index is 13.2. The minimum absolute atomic E-state index is 0.112. The van der Waals surface area contributed by atoms with Crippen LogP contribution in [-0.2, 0) is 11.2 Å². The topological polar surface area (TPSA) is 67.0 Å². The highest BCUT2D eigenvalue weighted by atomic mass is 35.5. The van der Waals surface area contributed by atoms with E-state index in [1.807, 2.05) is 54.6 Å². The first-order chi connectivity index (χ1) is 14.6. The van der Waals surface area contributed by atoms with Gasteiger partial charge in [-0.05, 0) is 42.3 Å². The fourth-order valence-electron chi connectivity index (χ4n) is 3.17. The van der Waals surface area contributed by atoms with Crippen LogP contribution >= 0.6 is 11.6 Å². The second-order valence-electron chi connectivity index (χ2n) is 6.81. The third-order valence-electron chi connectivity index (χ3n) is 4.61. The molecule has 152 valence electrons. The lowest BCUT2D eigenvalue weighted by atomic mass is 10.1. The molecule has 3 aromatic carbocycles. The standard InChI is InChI=1S/C23H19ClFN3O2/c24-17-13-16(25)10-11-21(17)30-14-22(29)26-20(12-15-6-2-1-3-7-15)23-27-18-8-4-5-9-19(18)28-23/h1-11,13,20H,12,14H2,(H,26,29)(H,27,28)/t20-/m0/s1. The van der Waals surface area contributed by atoms with Gasteiger partial charge in [0, 0.05) is 0 Å². The Kier molecular flexibility index (Phi) is 5.95. The fraction of sp³-hybridized carbons (Fsp3) is 0.130. The Bertz CT molecular complexity index is 1130. The third kappa shape index (κ3) is 4.78. The van der Waals surface area contributed by atoms with Crippen molar-refractivity contribution >= 4 is 28.5 Å². The first-order valence-corrected chi connectivity index (χ1v) is 9.82. The molecule has 5 nitrogen and oxygen atoms in total. The number of carbonyl (C=O) groups excluding carboxylic acids is 1. The molecule has 0 aliphatic heterocycles. The molecular formula is C23H19ClFN3O2. The van der Waals surface area contributed by atoms with Gasteiger partial charge in [0.15, 0.2) is 6.61 Å². The molecule has 0 bridgehead atoms. The van der Waals surface area contributed by atoms with Crippen molar-refractivity contribution in [1.29, 1.82) is 0 Å². The molecule has 1 heterocycles. The molecule has 0 saturated carbocycles. The molecule has 7 heteroatoms. The molecule has 0 radical (unpaired) electrons. The predicted molar refractivity (Wildman–Crippen MR) is 114 cm³/mol. The van der Waals surface area contributed by atoms with Gasteiger partial charge in [0.1, 0.15) is 17.4 Å². The summed E-state index contributed by atoms with van der Waals surface area (Å²) in [7, 11) is 0. The summed E-state index contributed by atoms with van der Waals surface area (Å²) in [5, 5.41) is 3.08. The zero-order valence-electron chi connectivity index (χ0n) is 15.9. The molecule has 0 fully saturated rings. The van der Waals surface area contributed by atoms with Gasteiger partial charge in [-0.3, -0.25) is 4.79 Å². The molecule has 30 heavy (non-hydrogen) atoms.